The average molecular weight is 421 g/mol. The van der Waals surface area contributed by atoms with Gasteiger partial charge in [0.15, 0.2) is 6.10 Å². The maximum Gasteiger partial charge on any atom is 0.254 e. The molecule has 30 heavy (non-hydrogen) atoms. The Balaban J connectivity index is 1.27. The number of hydrogen-bond acceptors (Lipinski definition) is 6. The molecule has 3 aliphatic heterocycles. The van der Waals surface area contributed by atoms with Crippen LogP contribution < -0.4 is 10.2 Å². The third-order valence-electron chi connectivity index (χ3n) is 6.48. The topological polar surface area (TPSA) is 68.3 Å². The molecule has 3 atom stereocenters. The number of carbonyl (C=O) groups excluding carboxylic acids is 1. The zero-order valence-corrected chi connectivity index (χ0v) is 17.5. The molecule has 166 valence electrons. The van der Waals surface area contributed by atoms with Crippen LogP contribution in [0, 0.1) is 5.82 Å². The summed E-state index contributed by atoms with van der Waals surface area (Å²) < 4.78 is 19.2. The largest absolute Gasteiger partial charge is 0.390 e. The molecule has 8 heteroatoms. The summed E-state index contributed by atoms with van der Waals surface area (Å²) in [6.45, 7) is 7.65. The van der Waals surface area contributed by atoms with Crippen LogP contribution in [-0.2, 0) is 9.53 Å². The summed E-state index contributed by atoms with van der Waals surface area (Å²) >= 11 is 0. The Morgan fingerprint density at radius 1 is 1.07 bits per heavy atom. The maximum absolute atomic E-state index is 13.1. The number of amides is 1. The predicted octanol–water partition coefficient (Wildman–Crippen LogP) is 0.678. The third kappa shape index (κ3) is 5.29. The smallest absolute Gasteiger partial charge is 0.254 e. The van der Waals surface area contributed by atoms with Gasteiger partial charge in [0.2, 0.25) is 0 Å². The average Bonchev–Trinajstić information content (AvgIpc) is 2.79. The van der Waals surface area contributed by atoms with Crippen molar-refractivity contribution in [2.75, 3.05) is 63.8 Å². The molecule has 3 aliphatic rings. The fourth-order valence-electron chi connectivity index (χ4n) is 4.59. The van der Waals surface area contributed by atoms with Gasteiger partial charge in [-0.2, -0.15) is 0 Å². The van der Waals surface area contributed by atoms with Gasteiger partial charge in [-0.15, -0.1) is 0 Å². The first kappa shape index (κ1) is 21.5. The predicted molar refractivity (Wildman–Crippen MR) is 113 cm³/mol. The molecule has 1 aromatic rings. The van der Waals surface area contributed by atoms with Gasteiger partial charge in [0.25, 0.3) is 5.91 Å². The summed E-state index contributed by atoms with van der Waals surface area (Å²) in [7, 11) is 0. The second-order valence-electron chi connectivity index (χ2n) is 8.49. The van der Waals surface area contributed by atoms with Crippen LogP contribution in [0.2, 0.25) is 0 Å². The molecule has 0 aromatic heterocycles. The van der Waals surface area contributed by atoms with Crippen LogP contribution in [0.4, 0.5) is 10.1 Å². The number of halogens is 1. The molecule has 4 rings (SSSR count). The standard InChI is InChI=1S/C22H33FN4O3/c23-17-1-3-18(4-2-17)26-13-15-27(16-14-26)22(29)21-20(28)6-5-19(30-21)7-10-25-11-8-24-9-12-25/h1-4,19-21,24,28H,5-16H2/t19-,20-,21-/m0/s1. The lowest BCUT2D eigenvalue weighted by Crippen LogP contribution is -2.56. The molecular weight excluding hydrogens is 387 g/mol. The Kier molecular flexibility index (Phi) is 7.20. The van der Waals surface area contributed by atoms with Gasteiger partial charge in [-0.05, 0) is 43.5 Å². The highest BCUT2D eigenvalue weighted by Crippen LogP contribution is 2.25. The molecule has 0 radical (unpaired) electrons. The van der Waals surface area contributed by atoms with Gasteiger partial charge in [0, 0.05) is 64.6 Å². The summed E-state index contributed by atoms with van der Waals surface area (Å²) in [4.78, 5) is 19.4. The molecule has 0 saturated carbocycles. The highest BCUT2D eigenvalue weighted by Gasteiger charge is 2.38. The normalized spacial score (nSPS) is 28.5. The Hall–Kier alpha value is -1.74. The third-order valence-corrected chi connectivity index (χ3v) is 6.48. The summed E-state index contributed by atoms with van der Waals surface area (Å²) in [6.07, 6.45) is 0.840. The lowest BCUT2D eigenvalue weighted by Gasteiger charge is -2.40. The second kappa shape index (κ2) is 10.0. The van der Waals surface area contributed by atoms with Gasteiger partial charge >= 0.3 is 0 Å². The lowest BCUT2D eigenvalue weighted by atomic mass is 9.98. The Bertz CT molecular complexity index is 690. The lowest BCUT2D eigenvalue weighted by molar-refractivity contribution is -0.168. The highest BCUT2D eigenvalue weighted by molar-refractivity contribution is 5.82. The van der Waals surface area contributed by atoms with E-state index in [-0.39, 0.29) is 17.8 Å². The van der Waals surface area contributed by atoms with Gasteiger partial charge < -0.3 is 29.9 Å². The number of rotatable bonds is 5. The minimum Gasteiger partial charge on any atom is -0.390 e. The maximum atomic E-state index is 13.1. The van der Waals surface area contributed by atoms with Crippen molar-refractivity contribution in [1.29, 1.82) is 0 Å². The van der Waals surface area contributed by atoms with Crippen LogP contribution in [0.3, 0.4) is 0 Å². The molecule has 0 unspecified atom stereocenters. The van der Waals surface area contributed by atoms with Crippen molar-refractivity contribution in [1.82, 2.24) is 15.1 Å². The van der Waals surface area contributed by atoms with Crippen molar-refractivity contribution in [3.05, 3.63) is 30.1 Å². The summed E-state index contributed by atoms with van der Waals surface area (Å²) in [5, 5.41) is 13.8. The first-order valence-corrected chi connectivity index (χ1v) is 11.2. The fraction of sp³-hybridized carbons (Fsp3) is 0.682. The second-order valence-corrected chi connectivity index (χ2v) is 8.49. The minimum atomic E-state index is -0.760. The van der Waals surface area contributed by atoms with Gasteiger partial charge in [0.05, 0.1) is 12.2 Å². The van der Waals surface area contributed by atoms with Gasteiger partial charge in [-0.3, -0.25) is 4.79 Å². The van der Waals surface area contributed by atoms with E-state index < -0.39 is 12.2 Å². The number of aliphatic hydroxyl groups excluding tert-OH is 1. The number of anilines is 1. The van der Waals surface area contributed by atoms with Crippen molar-refractivity contribution >= 4 is 11.6 Å². The Morgan fingerprint density at radius 2 is 1.77 bits per heavy atom. The van der Waals surface area contributed by atoms with E-state index in [9.17, 15) is 14.3 Å². The molecule has 7 nitrogen and oxygen atoms in total. The van der Waals surface area contributed by atoms with E-state index in [1.807, 2.05) is 0 Å². The van der Waals surface area contributed by atoms with Gasteiger partial charge in [-0.1, -0.05) is 0 Å². The van der Waals surface area contributed by atoms with Crippen LogP contribution in [0.5, 0.6) is 0 Å². The van der Waals surface area contributed by atoms with E-state index >= 15 is 0 Å². The number of ether oxygens (including phenoxy) is 1. The molecule has 1 amide bonds. The number of nitrogens with zero attached hydrogens (tertiary/aromatic N) is 3. The molecule has 3 saturated heterocycles. The monoisotopic (exact) mass is 420 g/mol. The van der Waals surface area contributed by atoms with E-state index in [0.29, 0.717) is 32.6 Å². The molecule has 0 bridgehead atoms. The Labute approximate surface area is 177 Å². The summed E-state index contributed by atoms with van der Waals surface area (Å²) in [5.41, 5.74) is 0.963. The van der Waals surface area contributed by atoms with Gasteiger partial charge in [0.1, 0.15) is 5.82 Å². The van der Waals surface area contributed by atoms with Crippen LogP contribution in [-0.4, -0.2) is 98.0 Å². The highest BCUT2D eigenvalue weighted by atomic mass is 19.1. The molecule has 3 fully saturated rings. The van der Waals surface area contributed by atoms with Crippen molar-refractivity contribution in [2.24, 2.45) is 0 Å². The quantitative estimate of drug-likeness (QED) is 0.730. The molecule has 1 aromatic carbocycles. The number of carbonyl (C=O) groups is 1. The van der Waals surface area contributed by atoms with Gasteiger partial charge in [-0.25, -0.2) is 4.39 Å². The van der Waals surface area contributed by atoms with E-state index in [0.717, 1.165) is 51.3 Å². The SMILES string of the molecule is O=C([C@H]1O[C@H](CCN2CCNCC2)CC[C@@H]1O)N1CCN(c2ccc(F)cc2)CC1. The minimum absolute atomic E-state index is 0.0257. The summed E-state index contributed by atoms with van der Waals surface area (Å²) in [6, 6.07) is 6.45. The van der Waals surface area contributed by atoms with Crippen molar-refractivity contribution in [3.63, 3.8) is 0 Å². The first-order valence-electron chi connectivity index (χ1n) is 11.2. The van der Waals surface area contributed by atoms with Crippen LogP contribution in [0.15, 0.2) is 24.3 Å². The van der Waals surface area contributed by atoms with Crippen molar-refractivity contribution < 1.29 is 19.0 Å². The first-order chi connectivity index (χ1) is 14.6. The fourth-order valence-corrected chi connectivity index (χ4v) is 4.59. The number of aliphatic hydroxyl groups is 1. The van der Waals surface area contributed by atoms with Crippen molar-refractivity contribution in [2.45, 2.75) is 37.6 Å². The van der Waals surface area contributed by atoms with Crippen LogP contribution >= 0.6 is 0 Å². The summed E-state index contributed by atoms with van der Waals surface area (Å²) in [5.74, 6) is -0.351. The van der Waals surface area contributed by atoms with E-state index in [2.05, 4.69) is 15.1 Å². The number of nitrogens with one attached hydrogen (secondary N) is 1. The Morgan fingerprint density at radius 3 is 2.47 bits per heavy atom. The van der Waals surface area contributed by atoms with E-state index in [1.165, 1.54) is 12.1 Å². The van der Waals surface area contributed by atoms with E-state index in [1.54, 1.807) is 17.0 Å². The molecule has 0 spiro atoms. The van der Waals surface area contributed by atoms with Crippen LogP contribution in [0.1, 0.15) is 19.3 Å². The van der Waals surface area contributed by atoms with Crippen molar-refractivity contribution in [3.8, 4) is 0 Å². The number of benzene rings is 1. The number of piperazine rings is 2. The zero-order valence-electron chi connectivity index (χ0n) is 17.5. The molecule has 3 heterocycles. The number of hydrogen-bond donors (Lipinski definition) is 2. The molecular formula is C22H33FN4O3. The van der Waals surface area contributed by atoms with E-state index in [4.69, 9.17) is 4.74 Å². The molecule has 2 N–H and O–H groups in total. The van der Waals surface area contributed by atoms with Crippen LogP contribution in [0.25, 0.3) is 0 Å². The zero-order chi connectivity index (χ0) is 20.9. The molecule has 0 aliphatic carbocycles.